The molecular formula is C14H13ClN2O2. The molecule has 0 bridgehead atoms. The summed E-state index contributed by atoms with van der Waals surface area (Å²) in [5.74, 6) is -1.04. The fourth-order valence-electron chi connectivity index (χ4n) is 1.76. The van der Waals surface area contributed by atoms with Crippen molar-refractivity contribution in [3.63, 3.8) is 0 Å². The first-order valence-corrected chi connectivity index (χ1v) is 6.18. The van der Waals surface area contributed by atoms with Crippen molar-refractivity contribution in [3.8, 4) is 11.3 Å². The molecule has 1 aromatic heterocycles. The SMILES string of the molecule is NCCc1ccc(-c2ncc(C(=O)O)cc2Cl)cc1. The van der Waals surface area contributed by atoms with E-state index in [1.54, 1.807) is 0 Å². The second-order valence-electron chi connectivity index (χ2n) is 4.10. The van der Waals surface area contributed by atoms with E-state index < -0.39 is 5.97 Å². The molecule has 0 atom stereocenters. The maximum atomic E-state index is 10.8. The standard InChI is InChI=1S/C14H13ClN2O2/c15-12-7-11(14(18)19)8-17-13(12)10-3-1-9(2-4-10)5-6-16/h1-4,7-8H,5-6,16H2,(H,18,19). The van der Waals surface area contributed by atoms with E-state index in [2.05, 4.69) is 4.98 Å². The molecule has 0 aliphatic carbocycles. The molecule has 2 aromatic rings. The molecule has 19 heavy (non-hydrogen) atoms. The van der Waals surface area contributed by atoms with Gasteiger partial charge in [0.1, 0.15) is 0 Å². The van der Waals surface area contributed by atoms with Gasteiger partial charge in [-0.2, -0.15) is 0 Å². The Bertz CT molecular complexity index is 597. The molecule has 0 saturated carbocycles. The molecule has 0 fully saturated rings. The number of halogens is 1. The lowest BCUT2D eigenvalue weighted by molar-refractivity contribution is 0.0696. The minimum Gasteiger partial charge on any atom is -0.478 e. The van der Waals surface area contributed by atoms with Crippen molar-refractivity contribution in [1.82, 2.24) is 4.98 Å². The summed E-state index contributed by atoms with van der Waals surface area (Å²) in [5, 5.41) is 9.18. The van der Waals surface area contributed by atoms with Crippen LogP contribution in [0.3, 0.4) is 0 Å². The summed E-state index contributed by atoms with van der Waals surface area (Å²) in [5.41, 5.74) is 8.13. The van der Waals surface area contributed by atoms with Gasteiger partial charge in [0.15, 0.2) is 0 Å². The Morgan fingerprint density at radius 1 is 1.32 bits per heavy atom. The number of hydrogen-bond donors (Lipinski definition) is 2. The van der Waals surface area contributed by atoms with Gasteiger partial charge in [0, 0.05) is 11.8 Å². The van der Waals surface area contributed by atoms with E-state index in [0.717, 1.165) is 17.5 Å². The molecule has 0 aliphatic heterocycles. The fourth-order valence-corrected chi connectivity index (χ4v) is 2.04. The van der Waals surface area contributed by atoms with Gasteiger partial charge in [0.05, 0.1) is 16.3 Å². The molecule has 4 nitrogen and oxygen atoms in total. The Hall–Kier alpha value is -1.91. The highest BCUT2D eigenvalue weighted by Crippen LogP contribution is 2.26. The highest BCUT2D eigenvalue weighted by Gasteiger charge is 2.10. The predicted octanol–water partition coefficient (Wildman–Crippen LogP) is 2.60. The van der Waals surface area contributed by atoms with Crippen molar-refractivity contribution in [2.75, 3.05) is 6.54 Å². The summed E-state index contributed by atoms with van der Waals surface area (Å²) >= 11 is 6.06. The van der Waals surface area contributed by atoms with Crippen LogP contribution in [0.2, 0.25) is 5.02 Å². The van der Waals surface area contributed by atoms with E-state index in [9.17, 15) is 4.79 Å². The topological polar surface area (TPSA) is 76.2 Å². The highest BCUT2D eigenvalue weighted by atomic mass is 35.5. The first-order chi connectivity index (χ1) is 9.11. The van der Waals surface area contributed by atoms with Gasteiger partial charge >= 0.3 is 5.97 Å². The first kappa shape index (κ1) is 13.5. The number of benzene rings is 1. The highest BCUT2D eigenvalue weighted by molar-refractivity contribution is 6.33. The van der Waals surface area contributed by atoms with Gasteiger partial charge in [-0.1, -0.05) is 35.9 Å². The van der Waals surface area contributed by atoms with Crippen molar-refractivity contribution in [2.24, 2.45) is 5.73 Å². The zero-order chi connectivity index (χ0) is 13.8. The van der Waals surface area contributed by atoms with Gasteiger partial charge < -0.3 is 10.8 Å². The third-order valence-electron chi connectivity index (χ3n) is 2.75. The van der Waals surface area contributed by atoms with Crippen LogP contribution >= 0.6 is 11.6 Å². The third-order valence-corrected chi connectivity index (χ3v) is 3.04. The van der Waals surface area contributed by atoms with Gasteiger partial charge in [0.2, 0.25) is 0 Å². The van der Waals surface area contributed by atoms with Crippen molar-refractivity contribution in [1.29, 1.82) is 0 Å². The third kappa shape index (κ3) is 3.10. The van der Waals surface area contributed by atoms with Crippen molar-refractivity contribution >= 4 is 17.6 Å². The van der Waals surface area contributed by atoms with Crippen LogP contribution in [-0.4, -0.2) is 22.6 Å². The average Bonchev–Trinajstić information content (AvgIpc) is 2.40. The minimum atomic E-state index is -1.04. The Labute approximate surface area is 115 Å². The maximum Gasteiger partial charge on any atom is 0.337 e. The lowest BCUT2D eigenvalue weighted by Crippen LogP contribution is -2.02. The molecule has 2 rings (SSSR count). The molecule has 98 valence electrons. The molecule has 3 N–H and O–H groups in total. The largest absolute Gasteiger partial charge is 0.478 e. The number of aromatic carboxylic acids is 1. The Kier molecular flexibility index (Phi) is 4.14. The van der Waals surface area contributed by atoms with Gasteiger partial charge in [-0.3, -0.25) is 4.98 Å². The monoisotopic (exact) mass is 276 g/mol. The van der Waals surface area contributed by atoms with Gasteiger partial charge in [0.25, 0.3) is 0 Å². The summed E-state index contributed by atoms with van der Waals surface area (Å²) in [6.07, 6.45) is 2.12. The van der Waals surface area contributed by atoms with Crippen LogP contribution in [0.25, 0.3) is 11.3 Å². The molecule has 0 amide bonds. The quantitative estimate of drug-likeness (QED) is 0.900. The molecule has 0 saturated heterocycles. The normalized spacial score (nSPS) is 10.4. The Morgan fingerprint density at radius 2 is 2.00 bits per heavy atom. The smallest absolute Gasteiger partial charge is 0.337 e. The summed E-state index contributed by atoms with van der Waals surface area (Å²) in [6, 6.07) is 9.13. The summed E-state index contributed by atoms with van der Waals surface area (Å²) in [7, 11) is 0. The average molecular weight is 277 g/mol. The molecule has 1 heterocycles. The maximum absolute atomic E-state index is 10.8. The molecule has 1 aromatic carbocycles. The molecule has 5 heteroatoms. The molecule has 0 radical (unpaired) electrons. The zero-order valence-corrected chi connectivity index (χ0v) is 10.9. The van der Waals surface area contributed by atoms with Crippen LogP contribution in [-0.2, 0) is 6.42 Å². The van der Waals surface area contributed by atoms with E-state index in [4.69, 9.17) is 22.4 Å². The van der Waals surface area contributed by atoms with Crippen LogP contribution in [0.1, 0.15) is 15.9 Å². The summed E-state index contributed by atoms with van der Waals surface area (Å²) < 4.78 is 0. The van der Waals surface area contributed by atoms with E-state index in [0.29, 0.717) is 17.3 Å². The molecule has 0 unspecified atom stereocenters. The van der Waals surface area contributed by atoms with E-state index >= 15 is 0 Å². The minimum absolute atomic E-state index is 0.0773. The number of nitrogens with two attached hydrogens (primary N) is 1. The predicted molar refractivity (Wildman–Crippen MR) is 74.4 cm³/mol. The van der Waals surface area contributed by atoms with E-state index in [1.165, 1.54) is 12.3 Å². The van der Waals surface area contributed by atoms with Crippen LogP contribution in [0.5, 0.6) is 0 Å². The Morgan fingerprint density at radius 3 is 2.53 bits per heavy atom. The second kappa shape index (κ2) is 5.82. The van der Waals surface area contributed by atoms with Crippen LogP contribution in [0, 0.1) is 0 Å². The van der Waals surface area contributed by atoms with Crippen LogP contribution in [0.15, 0.2) is 36.5 Å². The summed E-state index contributed by atoms with van der Waals surface area (Å²) in [4.78, 5) is 14.9. The molecule has 0 aliphatic rings. The number of nitrogens with zero attached hydrogens (tertiary/aromatic N) is 1. The van der Waals surface area contributed by atoms with E-state index in [1.807, 2.05) is 24.3 Å². The first-order valence-electron chi connectivity index (χ1n) is 5.80. The number of carboxylic acids is 1. The van der Waals surface area contributed by atoms with Gasteiger partial charge in [-0.05, 0) is 24.6 Å². The van der Waals surface area contributed by atoms with Crippen LogP contribution in [0.4, 0.5) is 0 Å². The van der Waals surface area contributed by atoms with Crippen molar-refractivity contribution < 1.29 is 9.90 Å². The van der Waals surface area contributed by atoms with E-state index in [-0.39, 0.29) is 5.56 Å². The lowest BCUT2D eigenvalue weighted by atomic mass is 10.1. The van der Waals surface area contributed by atoms with Crippen molar-refractivity contribution in [2.45, 2.75) is 6.42 Å². The number of carboxylic acid groups (broad SMARTS) is 1. The van der Waals surface area contributed by atoms with Gasteiger partial charge in [-0.15, -0.1) is 0 Å². The molecule has 0 spiro atoms. The van der Waals surface area contributed by atoms with Crippen LogP contribution < -0.4 is 5.73 Å². The number of hydrogen-bond acceptors (Lipinski definition) is 3. The number of aromatic nitrogens is 1. The second-order valence-corrected chi connectivity index (χ2v) is 4.50. The van der Waals surface area contributed by atoms with Gasteiger partial charge in [-0.25, -0.2) is 4.79 Å². The van der Waals surface area contributed by atoms with Crippen molar-refractivity contribution in [3.05, 3.63) is 52.7 Å². The summed E-state index contributed by atoms with van der Waals surface area (Å²) in [6.45, 7) is 0.603. The fraction of sp³-hybridized carbons (Fsp3) is 0.143. The Balaban J connectivity index is 2.33. The molecular weight excluding hydrogens is 264 g/mol. The number of pyridine rings is 1. The zero-order valence-electron chi connectivity index (χ0n) is 10.1. The number of rotatable bonds is 4. The lowest BCUT2D eigenvalue weighted by Gasteiger charge is -2.06. The number of carbonyl (C=O) groups is 1.